The van der Waals surface area contributed by atoms with Crippen LogP contribution in [0.4, 0.5) is 0 Å². The van der Waals surface area contributed by atoms with Crippen LogP contribution in [0.3, 0.4) is 0 Å². The fourth-order valence-electron chi connectivity index (χ4n) is 1.60. The summed E-state index contributed by atoms with van der Waals surface area (Å²) in [6.07, 6.45) is 5.99. The molecule has 1 aliphatic rings. The average Bonchev–Trinajstić information content (AvgIpc) is 2.09. The highest BCUT2D eigenvalue weighted by molar-refractivity contribution is 4.85. The van der Waals surface area contributed by atoms with E-state index in [1.807, 2.05) is 0 Å². The van der Waals surface area contributed by atoms with Crippen LogP contribution < -0.4 is 0 Å². The van der Waals surface area contributed by atoms with Gasteiger partial charge in [-0.05, 0) is 12.8 Å². The highest BCUT2D eigenvalue weighted by Gasteiger charge is 2.36. The predicted molar refractivity (Wildman–Crippen MR) is 53.9 cm³/mol. The van der Waals surface area contributed by atoms with E-state index in [9.17, 15) is 0 Å². The van der Waals surface area contributed by atoms with Crippen molar-refractivity contribution in [3.05, 3.63) is 0 Å². The molecule has 0 amide bonds. The second-order valence-corrected chi connectivity index (χ2v) is 3.89. The van der Waals surface area contributed by atoms with Crippen LogP contribution in [0, 0.1) is 0 Å². The van der Waals surface area contributed by atoms with Gasteiger partial charge >= 0.3 is 0 Å². The van der Waals surface area contributed by atoms with Crippen LogP contribution in [-0.2, 0) is 9.47 Å². The minimum Gasteiger partial charge on any atom is -0.378 e. The molecule has 1 fully saturated rings. The minimum atomic E-state index is 0.0895. The van der Waals surface area contributed by atoms with E-state index < -0.39 is 0 Å². The van der Waals surface area contributed by atoms with Crippen LogP contribution in [0.25, 0.3) is 0 Å². The Morgan fingerprint density at radius 1 is 1.31 bits per heavy atom. The molecule has 0 aromatic rings. The number of rotatable bonds is 7. The van der Waals surface area contributed by atoms with Crippen molar-refractivity contribution in [1.82, 2.24) is 0 Å². The molecule has 2 nitrogen and oxygen atoms in total. The lowest BCUT2D eigenvalue weighted by Gasteiger charge is -2.40. The monoisotopic (exact) mass is 186 g/mol. The van der Waals surface area contributed by atoms with Gasteiger partial charge in [0.25, 0.3) is 0 Å². The van der Waals surface area contributed by atoms with Crippen molar-refractivity contribution in [2.75, 3.05) is 19.8 Å². The molecule has 1 unspecified atom stereocenters. The molecule has 1 heterocycles. The maximum absolute atomic E-state index is 5.61. The van der Waals surface area contributed by atoms with Gasteiger partial charge in [0, 0.05) is 13.0 Å². The summed E-state index contributed by atoms with van der Waals surface area (Å²) in [5.74, 6) is 0. The van der Waals surface area contributed by atoms with E-state index >= 15 is 0 Å². The van der Waals surface area contributed by atoms with Gasteiger partial charge in [-0.25, -0.2) is 0 Å². The summed E-state index contributed by atoms with van der Waals surface area (Å²) >= 11 is 0. The molecule has 0 N–H and O–H groups in total. The van der Waals surface area contributed by atoms with E-state index in [2.05, 4.69) is 13.8 Å². The smallest absolute Gasteiger partial charge is 0.0934 e. The lowest BCUT2D eigenvalue weighted by Crippen LogP contribution is -2.47. The lowest BCUT2D eigenvalue weighted by molar-refractivity contribution is -0.182. The third-order valence-corrected chi connectivity index (χ3v) is 2.87. The van der Waals surface area contributed by atoms with Crippen molar-refractivity contribution >= 4 is 0 Å². The van der Waals surface area contributed by atoms with Crippen molar-refractivity contribution in [3.63, 3.8) is 0 Å². The zero-order valence-electron chi connectivity index (χ0n) is 8.97. The van der Waals surface area contributed by atoms with Crippen molar-refractivity contribution in [2.24, 2.45) is 0 Å². The maximum Gasteiger partial charge on any atom is 0.0934 e. The van der Waals surface area contributed by atoms with Gasteiger partial charge in [-0.15, -0.1) is 0 Å². The Bertz CT molecular complexity index is 125. The second-order valence-electron chi connectivity index (χ2n) is 3.89. The van der Waals surface area contributed by atoms with Crippen LogP contribution in [-0.4, -0.2) is 25.4 Å². The fraction of sp³-hybridized carbons (Fsp3) is 1.00. The standard InChI is InChI=1S/C11H22O2/c1-3-5-6-8-12-10-11(4-2)7-9-13-11/h3-10H2,1-2H3. The molecule has 13 heavy (non-hydrogen) atoms. The summed E-state index contributed by atoms with van der Waals surface area (Å²) in [5, 5.41) is 0. The lowest BCUT2D eigenvalue weighted by atomic mass is 9.93. The first-order valence-corrected chi connectivity index (χ1v) is 5.55. The van der Waals surface area contributed by atoms with Gasteiger partial charge in [-0.2, -0.15) is 0 Å². The molecular weight excluding hydrogens is 164 g/mol. The number of ether oxygens (including phenoxy) is 2. The normalized spacial score (nSPS) is 27.2. The Hall–Kier alpha value is -0.0800. The molecule has 2 heteroatoms. The average molecular weight is 186 g/mol. The largest absolute Gasteiger partial charge is 0.378 e. The van der Waals surface area contributed by atoms with Gasteiger partial charge in [0.05, 0.1) is 18.8 Å². The van der Waals surface area contributed by atoms with E-state index in [0.717, 1.165) is 26.2 Å². The Morgan fingerprint density at radius 2 is 2.08 bits per heavy atom. The fourth-order valence-corrected chi connectivity index (χ4v) is 1.60. The van der Waals surface area contributed by atoms with E-state index in [0.29, 0.717) is 0 Å². The Morgan fingerprint density at radius 3 is 2.54 bits per heavy atom. The van der Waals surface area contributed by atoms with Crippen LogP contribution >= 0.6 is 0 Å². The molecule has 1 atom stereocenters. The summed E-state index contributed by atoms with van der Waals surface area (Å²) < 4.78 is 11.2. The summed E-state index contributed by atoms with van der Waals surface area (Å²) in [6, 6.07) is 0. The van der Waals surface area contributed by atoms with Gasteiger partial charge in [-0.1, -0.05) is 26.7 Å². The van der Waals surface area contributed by atoms with Crippen LogP contribution in [0.5, 0.6) is 0 Å². The third-order valence-electron chi connectivity index (χ3n) is 2.87. The Labute approximate surface area is 81.6 Å². The van der Waals surface area contributed by atoms with Crippen molar-refractivity contribution in [3.8, 4) is 0 Å². The Kier molecular flexibility index (Phi) is 4.74. The number of hydrogen-bond donors (Lipinski definition) is 0. The molecule has 0 spiro atoms. The van der Waals surface area contributed by atoms with Gasteiger partial charge in [0.1, 0.15) is 0 Å². The highest BCUT2D eigenvalue weighted by atomic mass is 16.6. The number of hydrogen-bond acceptors (Lipinski definition) is 2. The molecule has 0 aromatic heterocycles. The first-order valence-electron chi connectivity index (χ1n) is 5.55. The first-order chi connectivity index (χ1) is 6.33. The zero-order chi connectivity index (χ0) is 9.57. The molecule has 0 radical (unpaired) electrons. The Balaban J connectivity index is 1.98. The molecule has 1 aliphatic heterocycles. The molecule has 1 rings (SSSR count). The summed E-state index contributed by atoms with van der Waals surface area (Å²) in [6.45, 7) is 7.01. The van der Waals surface area contributed by atoms with E-state index in [-0.39, 0.29) is 5.60 Å². The molecule has 78 valence electrons. The summed E-state index contributed by atoms with van der Waals surface area (Å²) in [7, 11) is 0. The third kappa shape index (κ3) is 3.28. The molecule has 0 bridgehead atoms. The van der Waals surface area contributed by atoms with Crippen molar-refractivity contribution in [1.29, 1.82) is 0 Å². The van der Waals surface area contributed by atoms with E-state index in [1.54, 1.807) is 0 Å². The topological polar surface area (TPSA) is 18.5 Å². The summed E-state index contributed by atoms with van der Waals surface area (Å²) in [4.78, 5) is 0. The molecule has 1 saturated heterocycles. The van der Waals surface area contributed by atoms with Gasteiger partial charge in [0.2, 0.25) is 0 Å². The maximum atomic E-state index is 5.61. The minimum absolute atomic E-state index is 0.0895. The number of unbranched alkanes of at least 4 members (excludes halogenated alkanes) is 2. The van der Waals surface area contributed by atoms with Crippen LogP contribution in [0.1, 0.15) is 46.0 Å². The molecule has 0 aliphatic carbocycles. The molecule has 0 aromatic carbocycles. The van der Waals surface area contributed by atoms with Gasteiger partial charge in [0.15, 0.2) is 0 Å². The SMILES string of the molecule is CCCCCOCC1(CC)CCO1. The molecule has 0 saturated carbocycles. The van der Waals surface area contributed by atoms with E-state index in [1.165, 1.54) is 25.7 Å². The van der Waals surface area contributed by atoms with E-state index in [4.69, 9.17) is 9.47 Å². The summed E-state index contributed by atoms with van der Waals surface area (Å²) in [5.41, 5.74) is 0.0895. The zero-order valence-corrected chi connectivity index (χ0v) is 8.97. The van der Waals surface area contributed by atoms with Crippen LogP contribution in [0.2, 0.25) is 0 Å². The molecular formula is C11H22O2. The quantitative estimate of drug-likeness (QED) is 0.569. The predicted octanol–water partition coefficient (Wildman–Crippen LogP) is 2.76. The van der Waals surface area contributed by atoms with Gasteiger partial charge < -0.3 is 9.47 Å². The highest BCUT2D eigenvalue weighted by Crippen LogP contribution is 2.29. The van der Waals surface area contributed by atoms with Crippen molar-refractivity contribution in [2.45, 2.75) is 51.6 Å². The van der Waals surface area contributed by atoms with Gasteiger partial charge in [-0.3, -0.25) is 0 Å². The van der Waals surface area contributed by atoms with Crippen LogP contribution in [0.15, 0.2) is 0 Å². The second kappa shape index (κ2) is 5.61. The first kappa shape index (κ1) is 11.0. The van der Waals surface area contributed by atoms with Crippen molar-refractivity contribution < 1.29 is 9.47 Å².